The molecule has 0 amide bonds. The lowest BCUT2D eigenvalue weighted by atomic mass is 9.94. The van der Waals surface area contributed by atoms with Gasteiger partial charge < -0.3 is 14.7 Å². The van der Waals surface area contributed by atoms with Gasteiger partial charge in [-0.05, 0) is 19.4 Å². The number of unbranched alkanes of at least 4 members (excludes halogenated alkanes) is 2. The Morgan fingerprint density at radius 1 is 1.50 bits per heavy atom. The van der Waals surface area contributed by atoms with Crippen molar-refractivity contribution in [2.24, 2.45) is 5.92 Å². The van der Waals surface area contributed by atoms with Gasteiger partial charge in [0.15, 0.2) is 0 Å². The third-order valence-corrected chi connectivity index (χ3v) is 3.24. The minimum absolute atomic E-state index is 0.285. The average Bonchev–Trinajstić information content (AvgIpc) is 2.30. The van der Waals surface area contributed by atoms with Crippen LogP contribution in [-0.2, 0) is 9.53 Å². The second-order valence-electron chi connectivity index (χ2n) is 4.49. The van der Waals surface area contributed by atoms with Crippen molar-refractivity contribution in [1.82, 2.24) is 4.90 Å². The number of carbonyl (C=O) groups excluding carboxylic acids is 1. The van der Waals surface area contributed by atoms with E-state index in [9.17, 15) is 9.90 Å². The van der Waals surface area contributed by atoms with E-state index in [0.717, 1.165) is 13.1 Å². The average molecular weight is 229 g/mol. The number of ether oxygens (including phenoxy) is 1. The van der Waals surface area contributed by atoms with Crippen molar-refractivity contribution in [2.45, 2.75) is 38.7 Å². The largest absolute Gasteiger partial charge is 0.469 e. The Hall–Kier alpha value is -0.610. The number of esters is 1. The number of methoxy groups -OCH3 is 1. The van der Waals surface area contributed by atoms with Gasteiger partial charge in [-0.25, -0.2) is 0 Å². The summed E-state index contributed by atoms with van der Waals surface area (Å²) < 4.78 is 4.71. The molecule has 0 aromatic carbocycles. The number of carbonyl (C=O) groups is 1. The number of likely N-dealkylation sites (tertiary alicyclic amines) is 1. The van der Waals surface area contributed by atoms with E-state index >= 15 is 0 Å². The SMILES string of the molecule is CCCCCN1CC[C@H](O)[C@@H](C(=O)OC)C1. The molecule has 0 aromatic heterocycles. The Bertz CT molecular complexity index is 220. The zero-order valence-corrected chi connectivity index (χ0v) is 10.3. The number of rotatable bonds is 5. The third kappa shape index (κ3) is 3.76. The van der Waals surface area contributed by atoms with E-state index in [0.29, 0.717) is 13.0 Å². The predicted octanol–water partition coefficient (Wildman–Crippen LogP) is 1.03. The van der Waals surface area contributed by atoms with E-state index in [1.54, 1.807) is 0 Å². The second kappa shape index (κ2) is 6.86. The summed E-state index contributed by atoms with van der Waals surface area (Å²) in [5.41, 5.74) is 0. The molecule has 1 aliphatic rings. The van der Waals surface area contributed by atoms with Gasteiger partial charge in [0, 0.05) is 13.1 Å². The molecule has 0 saturated carbocycles. The highest BCUT2D eigenvalue weighted by atomic mass is 16.5. The van der Waals surface area contributed by atoms with Gasteiger partial charge >= 0.3 is 5.97 Å². The molecule has 0 aromatic rings. The number of hydrogen-bond donors (Lipinski definition) is 1. The smallest absolute Gasteiger partial charge is 0.312 e. The minimum atomic E-state index is -0.533. The molecular weight excluding hydrogens is 206 g/mol. The second-order valence-corrected chi connectivity index (χ2v) is 4.49. The number of nitrogens with zero attached hydrogens (tertiary/aromatic N) is 1. The van der Waals surface area contributed by atoms with Crippen molar-refractivity contribution in [3.63, 3.8) is 0 Å². The standard InChI is InChI=1S/C12H23NO3/c1-3-4-5-7-13-8-6-11(14)10(9-13)12(15)16-2/h10-11,14H,3-9H2,1-2H3/t10-,11-/m0/s1. The van der Waals surface area contributed by atoms with Gasteiger partial charge in [-0.15, -0.1) is 0 Å². The molecule has 4 heteroatoms. The minimum Gasteiger partial charge on any atom is -0.469 e. The van der Waals surface area contributed by atoms with Gasteiger partial charge in [0.25, 0.3) is 0 Å². The monoisotopic (exact) mass is 229 g/mol. The molecule has 1 saturated heterocycles. The third-order valence-electron chi connectivity index (χ3n) is 3.24. The lowest BCUT2D eigenvalue weighted by Gasteiger charge is -2.34. The molecule has 0 unspecified atom stereocenters. The first-order valence-electron chi connectivity index (χ1n) is 6.17. The summed E-state index contributed by atoms with van der Waals surface area (Å²) in [6.07, 6.45) is 3.74. The van der Waals surface area contributed by atoms with E-state index in [-0.39, 0.29) is 11.9 Å². The first kappa shape index (κ1) is 13.5. The maximum absolute atomic E-state index is 11.4. The molecule has 0 aliphatic carbocycles. The van der Waals surface area contributed by atoms with Crippen LogP contribution in [-0.4, -0.2) is 48.8 Å². The fourth-order valence-corrected chi connectivity index (χ4v) is 2.18. The molecule has 0 spiro atoms. The van der Waals surface area contributed by atoms with E-state index < -0.39 is 6.10 Å². The van der Waals surface area contributed by atoms with Gasteiger partial charge in [-0.1, -0.05) is 19.8 Å². The van der Waals surface area contributed by atoms with Crippen LogP contribution in [0.5, 0.6) is 0 Å². The number of aliphatic hydroxyl groups excluding tert-OH is 1. The molecule has 2 atom stereocenters. The van der Waals surface area contributed by atoms with Crippen LogP contribution in [0.25, 0.3) is 0 Å². The number of piperidine rings is 1. The molecule has 16 heavy (non-hydrogen) atoms. The summed E-state index contributed by atoms with van der Waals surface area (Å²) in [5.74, 6) is -0.645. The molecule has 1 aliphatic heterocycles. The van der Waals surface area contributed by atoms with Gasteiger partial charge in [-0.3, -0.25) is 4.79 Å². The molecule has 1 rings (SSSR count). The van der Waals surface area contributed by atoms with E-state index in [4.69, 9.17) is 4.74 Å². The quantitative estimate of drug-likeness (QED) is 0.565. The number of hydrogen-bond acceptors (Lipinski definition) is 4. The van der Waals surface area contributed by atoms with Crippen molar-refractivity contribution in [1.29, 1.82) is 0 Å². The van der Waals surface area contributed by atoms with Crippen LogP contribution >= 0.6 is 0 Å². The predicted molar refractivity (Wildman–Crippen MR) is 62.1 cm³/mol. The van der Waals surface area contributed by atoms with Gasteiger partial charge in [-0.2, -0.15) is 0 Å². The summed E-state index contributed by atoms with van der Waals surface area (Å²) in [6, 6.07) is 0. The Morgan fingerprint density at radius 3 is 2.88 bits per heavy atom. The van der Waals surface area contributed by atoms with E-state index in [1.165, 1.54) is 26.4 Å². The summed E-state index contributed by atoms with van der Waals surface area (Å²) in [6.45, 7) is 4.72. The van der Waals surface area contributed by atoms with Gasteiger partial charge in [0.2, 0.25) is 0 Å². The normalized spacial score (nSPS) is 26.7. The highest BCUT2D eigenvalue weighted by molar-refractivity contribution is 5.73. The fraction of sp³-hybridized carbons (Fsp3) is 0.917. The highest BCUT2D eigenvalue weighted by Gasteiger charge is 2.33. The molecule has 0 bridgehead atoms. The summed E-state index contributed by atoms with van der Waals surface area (Å²) in [5, 5.41) is 9.73. The Balaban J connectivity index is 2.38. The first-order valence-corrected chi connectivity index (χ1v) is 6.17. The summed E-state index contributed by atoms with van der Waals surface area (Å²) >= 11 is 0. The maximum atomic E-state index is 11.4. The van der Waals surface area contributed by atoms with Crippen LogP contribution in [0, 0.1) is 5.92 Å². The number of aliphatic hydroxyl groups is 1. The fourth-order valence-electron chi connectivity index (χ4n) is 2.18. The van der Waals surface area contributed by atoms with Crippen LogP contribution in [0.2, 0.25) is 0 Å². The topological polar surface area (TPSA) is 49.8 Å². The van der Waals surface area contributed by atoms with E-state index in [2.05, 4.69) is 11.8 Å². The van der Waals surface area contributed by atoms with Crippen molar-refractivity contribution in [3.8, 4) is 0 Å². The van der Waals surface area contributed by atoms with Crippen molar-refractivity contribution in [2.75, 3.05) is 26.7 Å². The first-order chi connectivity index (χ1) is 7.69. The summed E-state index contributed by atoms with van der Waals surface area (Å²) in [4.78, 5) is 13.7. The molecule has 0 radical (unpaired) electrons. The zero-order chi connectivity index (χ0) is 12.0. The van der Waals surface area contributed by atoms with Crippen molar-refractivity contribution >= 4 is 5.97 Å². The maximum Gasteiger partial charge on any atom is 0.312 e. The summed E-state index contributed by atoms with van der Waals surface area (Å²) in [7, 11) is 1.38. The molecule has 94 valence electrons. The molecule has 1 heterocycles. The van der Waals surface area contributed by atoms with E-state index in [1.807, 2.05) is 0 Å². The van der Waals surface area contributed by atoms with Crippen molar-refractivity contribution < 1.29 is 14.6 Å². The van der Waals surface area contributed by atoms with Gasteiger partial charge in [0.05, 0.1) is 19.1 Å². The Morgan fingerprint density at radius 2 is 2.25 bits per heavy atom. The van der Waals surface area contributed by atoms with Crippen LogP contribution in [0.3, 0.4) is 0 Å². The van der Waals surface area contributed by atoms with Crippen molar-refractivity contribution in [3.05, 3.63) is 0 Å². The molecule has 1 fully saturated rings. The highest BCUT2D eigenvalue weighted by Crippen LogP contribution is 2.19. The van der Waals surface area contributed by atoms with Gasteiger partial charge in [0.1, 0.15) is 0 Å². The molecular formula is C12H23NO3. The van der Waals surface area contributed by atoms with Crippen LogP contribution in [0.15, 0.2) is 0 Å². The van der Waals surface area contributed by atoms with Crippen LogP contribution in [0.4, 0.5) is 0 Å². The molecule has 1 N–H and O–H groups in total. The molecule has 4 nitrogen and oxygen atoms in total. The van der Waals surface area contributed by atoms with Crippen LogP contribution < -0.4 is 0 Å². The Kier molecular flexibility index (Phi) is 5.77. The zero-order valence-electron chi connectivity index (χ0n) is 10.3. The lowest BCUT2D eigenvalue weighted by Crippen LogP contribution is -2.47. The lowest BCUT2D eigenvalue weighted by molar-refractivity contribution is -0.152. The van der Waals surface area contributed by atoms with Crippen LogP contribution in [0.1, 0.15) is 32.6 Å². The Labute approximate surface area is 97.6 Å².